The molecule has 0 saturated carbocycles. The van der Waals surface area contributed by atoms with E-state index in [1.165, 1.54) is 6.07 Å². The first kappa shape index (κ1) is 16.6. The zero-order valence-electron chi connectivity index (χ0n) is 11.5. The Balaban J connectivity index is 2.04. The summed E-state index contributed by atoms with van der Waals surface area (Å²) in [6, 6.07) is 8.69. The van der Waals surface area contributed by atoms with Crippen LogP contribution in [0, 0.1) is 6.92 Å². The summed E-state index contributed by atoms with van der Waals surface area (Å²) in [4.78, 5) is 1.30. The molecular formula is C14H16BrNO3S2. The van der Waals surface area contributed by atoms with E-state index in [9.17, 15) is 13.5 Å². The molecule has 0 aliphatic heterocycles. The molecular weight excluding hydrogens is 374 g/mol. The van der Waals surface area contributed by atoms with Crippen molar-refractivity contribution in [3.8, 4) is 0 Å². The lowest BCUT2D eigenvalue weighted by atomic mass is 10.1. The van der Waals surface area contributed by atoms with E-state index in [2.05, 4.69) is 20.7 Å². The monoisotopic (exact) mass is 389 g/mol. The number of hydrogen-bond acceptors (Lipinski definition) is 4. The second-order valence-corrected chi connectivity index (χ2v) is 8.91. The minimum absolute atomic E-state index is 0.168. The van der Waals surface area contributed by atoms with E-state index >= 15 is 0 Å². The summed E-state index contributed by atoms with van der Waals surface area (Å²) in [5.41, 5.74) is 1.50. The van der Waals surface area contributed by atoms with E-state index in [4.69, 9.17) is 0 Å². The van der Waals surface area contributed by atoms with Crippen LogP contribution in [-0.2, 0) is 23.1 Å². The molecule has 7 heteroatoms. The first-order valence-electron chi connectivity index (χ1n) is 6.36. The molecule has 0 bridgehead atoms. The maximum absolute atomic E-state index is 12.2. The Morgan fingerprint density at radius 2 is 2.05 bits per heavy atom. The maximum Gasteiger partial charge on any atom is 0.240 e. The number of aliphatic hydroxyl groups is 1. The smallest absolute Gasteiger partial charge is 0.240 e. The average molecular weight is 390 g/mol. The van der Waals surface area contributed by atoms with Crippen LogP contribution in [0.3, 0.4) is 0 Å². The van der Waals surface area contributed by atoms with Crippen molar-refractivity contribution in [1.29, 1.82) is 0 Å². The van der Waals surface area contributed by atoms with Gasteiger partial charge in [-0.2, -0.15) is 0 Å². The first-order valence-corrected chi connectivity index (χ1v) is 9.46. The van der Waals surface area contributed by atoms with Crippen LogP contribution in [-0.4, -0.2) is 20.1 Å². The van der Waals surface area contributed by atoms with Crippen molar-refractivity contribution in [1.82, 2.24) is 4.72 Å². The zero-order chi connectivity index (χ0) is 15.5. The van der Waals surface area contributed by atoms with Crippen molar-refractivity contribution < 1.29 is 13.5 Å². The van der Waals surface area contributed by atoms with Gasteiger partial charge in [0, 0.05) is 11.4 Å². The summed E-state index contributed by atoms with van der Waals surface area (Å²) < 4.78 is 28.0. The number of nitrogens with one attached hydrogen (secondary N) is 1. The predicted octanol–water partition coefficient (Wildman–Crippen LogP) is 2.83. The van der Waals surface area contributed by atoms with Crippen molar-refractivity contribution in [2.24, 2.45) is 0 Å². The predicted molar refractivity (Wildman–Crippen MR) is 88.0 cm³/mol. The highest BCUT2D eigenvalue weighted by atomic mass is 79.9. The highest BCUT2D eigenvalue weighted by molar-refractivity contribution is 9.11. The van der Waals surface area contributed by atoms with Crippen LogP contribution < -0.4 is 4.72 Å². The Kier molecular flexibility index (Phi) is 5.56. The summed E-state index contributed by atoms with van der Waals surface area (Å²) in [6.45, 7) is 2.01. The third-order valence-corrected chi connectivity index (χ3v) is 6.24. The highest BCUT2D eigenvalue weighted by Crippen LogP contribution is 2.22. The quantitative estimate of drug-likeness (QED) is 0.797. The van der Waals surface area contributed by atoms with Gasteiger partial charge in [0.05, 0.1) is 15.3 Å². The van der Waals surface area contributed by atoms with Crippen molar-refractivity contribution in [3.05, 3.63) is 50.1 Å². The number of aliphatic hydroxyl groups excluding tert-OH is 1. The highest BCUT2D eigenvalue weighted by Gasteiger charge is 2.14. The van der Waals surface area contributed by atoms with Gasteiger partial charge >= 0.3 is 0 Å². The van der Waals surface area contributed by atoms with Crippen molar-refractivity contribution in [2.75, 3.05) is 6.54 Å². The summed E-state index contributed by atoms with van der Waals surface area (Å²) in [5.74, 6) is 0. The lowest BCUT2D eigenvalue weighted by Crippen LogP contribution is -2.26. The molecule has 1 heterocycles. The van der Waals surface area contributed by atoms with Gasteiger partial charge in [-0.05, 0) is 64.7 Å². The Labute approximate surface area is 137 Å². The number of benzene rings is 1. The first-order chi connectivity index (χ1) is 9.92. The third-order valence-electron chi connectivity index (χ3n) is 3.09. The van der Waals surface area contributed by atoms with Gasteiger partial charge in [-0.15, -0.1) is 11.3 Å². The molecule has 0 unspecified atom stereocenters. The summed E-state index contributed by atoms with van der Waals surface area (Å²) in [7, 11) is -3.54. The molecule has 1 aromatic carbocycles. The van der Waals surface area contributed by atoms with Gasteiger partial charge in [-0.25, -0.2) is 13.1 Å². The molecule has 0 spiro atoms. The zero-order valence-corrected chi connectivity index (χ0v) is 14.7. The fourth-order valence-corrected chi connectivity index (χ4v) is 4.43. The number of thiophene rings is 1. The Morgan fingerprint density at radius 3 is 2.67 bits per heavy atom. The summed E-state index contributed by atoms with van der Waals surface area (Å²) in [5, 5.41) is 9.22. The van der Waals surface area contributed by atoms with E-state index < -0.39 is 10.0 Å². The van der Waals surface area contributed by atoms with E-state index in [0.717, 1.165) is 14.2 Å². The largest absolute Gasteiger partial charge is 0.392 e. The van der Waals surface area contributed by atoms with Gasteiger partial charge < -0.3 is 5.11 Å². The molecule has 0 saturated heterocycles. The Hall–Kier alpha value is -0.730. The molecule has 2 N–H and O–H groups in total. The number of halogens is 1. The summed E-state index contributed by atoms with van der Waals surface area (Å²) in [6.07, 6.45) is 0.647. The molecule has 0 amide bonds. The van der Waals surface area contributed by atoms with Crippen molar-refractivity contribution in [3.63, 3.8) is 0 Å². The fraction of sp³-hybridized carbons (Fsp3) is 0.286. The standard InChI is InChI=1S/C14H16BrNO3S2/c1-10-2-4-13(8-11(10)9-17)21(18,19)16-7-6-12-3-5-14(15)20-12/h2-5,8,16-17H,6-7,9H2,1H3. The maximum atomic E-state index is 12.2. The van der Waals surface area contributed by atoms with Crippen molar-refractivity contribution in [2.45, 2.75) is 24.8 Å². The minimum atomic E-state index is -3.54. The van der Waals surface area contributed by atoms with Crippen LogP contribution in [0.4, 0.5) is 0 Å². The Morgan fingerprint density at radius 1 is 1.29 bits per heavy atom. The van der Waals surface area contributed by atoms with Crippen LogP contribution in [0.5, 0.6) is 0 Å². The van der Waals surface area contributed by atoms with Crippen LogP contribution in [0.1, 0.15) is 16.0 Å². The van der Waals surface area contributed by atoms with Gasteiger partial charge in [0.25, 0.3) is 0 Å². The van der Waals surface area contributed by atoms with Gasteiger partial charge in [0.2, 0.25) is 10.0 Å². The van der Waals surface area contributed by atoms with Crippen LogP contribution in [0.2, 0.25) is 0 Å². The van der Waals surface area contributed by atoms with E-state index in [-0.39, 0.29) is 11.5 Å². The lowest BCUT2D eigenvalue weighted by molar-refractivity contribution is 0.280. The Bertz CT molecular complexity index is 726. The SMILES string of the molecule is Cc1ccc(S(=O)(=O)NCCc2ccc(Br)s2)cc1CO. The molecule has 0 radical (unpaired) electrons. The van der Waals surface area contributed by atoms with E-state index in [1.54, 1.807) is 23.5 Å². The number of sulfonamides is 1. The molecule has 2 rings (SSSR count). The van der Waals surface area contributed by atoms with Crippen LogP contribution in [0.15, 0.2) is 39.0 Å². The van der Waals surface area contributed by atoms with Gasteiger partial charge in [0.1, 0.15) is 0 Å². The van der Waals surface area contributed by atoms with Crippen molar-refractivity contribution >= 4 is 37.3 Å². The third kappa shape index (κ3) is 4.37. The molecule has 21 heavy (non-hydrogen) atoms. The van der Waals surface area contributed by atoms with E-state index in [1.807, 2.05) is 19.1 Å². The topological polar surface area (TPSA) is 66.4 Å². The number of hydrogen-bond donors (Lipinski definition) is 2. The van der Waals surface area contributed by atoms with E-state index in [0.29, 0.717) is 18.5 Å². The molecule has 0 aliphatic carbocycles. The van der Waals surface area contributed by atoms with Crippen LogP contribution in [0.25, 0.3) is 0 Å². The second-order valence-electron chi connectivity index (χ2n) is 4.60. The normalized spacial score (nSPS) is 11.8. The second kappa shape index (κ2) is 7.02. The molecule has 1 aromatic heterocycles. The minimum Gasteiger partial charge on any atom is -0.392 e. The summed E-state index contributed by atoms with van der Waals surface area (Å²) >= 11 is 4.97. The number of aryl methyl sites for hydroxylation is 1. The fourth-order valence-electron chi connectivity index (χ4n) is 1.86. The average Bonchev–Trinajstić information content (AvgIpc) is 2.84. The number of rotatable bonds is 6. The lowest BCUT2D eigenvalue weighted by Gasteiger charge is -2.09. The molecule has 0 fully saturated rings. The molecule has 114 valence electrons. The molecule has 2 aromatic rings. The molecule has 0 aliphatic rings. The van der Waals surface area contributed by atoms with Crippen LogP contribution >= 0.6 is 27.3 Å². The van der Waals surface area contributed by atoms with Gasteiger partial charge in [0.15, 0.2) is 0 Å². The van der Waals surface area contributed by atoms with Gasteiger partial charge in [-0.3, -0.25) is 0 Å². The molecule has 0 atom stereocenters. The molecule has 4 nitrogen and oxygen atoms in total. The van der Waals surface area contributed by atoms with Gasteiger partial charge in [-0.1, -0.05) is 6.07 Å².